The average molecular weight is 537 g/mol. The van der Waals surface area contributed by atoms with Gasteiger partial charge in [-0.1, -0.05) is 42.5 Å². The molecule has 1 fully saturated rings. The number of pyridine rings is 1. The van der Waals surface area contributed by atoms with Crippen LogP contribution in [-0.4, -0.2) is 34.6 Å². The minimum absolute atomic E-state index is 0. The van der Waals surface area contributed by atoms with Crippen molar-refractivity contribution < 1.29 is 5.11 Å². The summed E-state index contributed by atoms with van der Waals surface area (Å²) in [6.07, 6.45) is 8.80. The lowest BCUT2D eigenvalue weighted by molar-refractivity contribution is 0.132. The molecule has 7 heteroatoms. The second-order valence-electron chi connectivity index (χ2n) is 9.29. The van der Waals surface area contributed by atoms with Crippen LogP contribution in [0.25, 0.3) is 0 Å². The van der Waals surface area contributed by atoms with E-state index >= 15 is 0 Å². The summed E-state index contributed by atoms with van der Waals surface area (Å²) in [5.41, 5.74) is 6.26. The number of aromatic nitrogens is 1. The van der Waals surface area contributed by atoms with Crippen LogP contribution < -0.4 is 4.90 Å². The summed E-state index contributed by atoms with van der Waals surface area (Å²) in [7, 11) is 0. The highest BCUT2D eigenvalue weighted by molar-refractivity contribution is 5.86. The Hall–Kier alpha value is -1.82. The van der Waals surface area contributed by atoms with E-state index in [1.165, 1.54) is 48.4 Å². The topological polar surface area (TPSA) is 39.6 Å². The van der Waals surface area contributed by atoms with Gasteiger partial charge in [-0.25, -0.2) is 0 Å². The van der Waals surface area contributed by atoms with Crippen LogP contribution in [0.5, 0.6) is 0 Å². The monoisotopic (exact) mass is 535 g/mol. The lowest BCUT2D eigenvalue weighted by Gasteiger charge is -2.32. The van der Waals surface area contributed by atoms with Gasteiger partial charge >= 0.3 is 0 Å². The van der Waals surface area contributed by atoms with Gasteiger partial charge < -0.3 is 10.0 Å². The number of nitrogens with zero attached hydrogens (tertiary/aromatic N) is 3. The van der Waals surface area contributed by atoms with E-state index in [4.69, 9.17) is 0 Å². The lowest BCUT2D eigenvalue weighted by Crippen LogP contribution is -2.33. The molecule has 0 bridgehead atoms. The van der Waals surface area contributed by atoms with E-state index in [2.05, 4.69) is 75.4 Å². The highest BCUT2D eigenvalue weighted by Crippen LogP contribution is 2.36. The normalized spacial score (nSPS) is 16.4. The molecule has 2 aromatic carbocycles. The number of benzene rings is 2. The van der Waals surface area contributed by atoms with Gasteiger partial charge in [0.15, 0.2) is 0 Å². The highest BCUT2D eigenvalue weighted by atomic mass is 35.5. The predicted molar refractivity (Wildman–Crippen MR) is 152 cm³/mol. The minimum atomic E-state index is -0.363. The molecule has 0 aliphatic carbocycles. The third-order valence-corrected chi connectivity index (χ3v) is 7.16. The van der Waals surface area contributed by atoms with E-state index in [1.807, 2.05) is 12.4 Å². The molecular formula is C28H36Cl3N3O. The van der Waals surface area contributed by atoms with Crippen molar-refractivity contribution in [1.29, 1.82) is 0 Å². The average Bonchev–Trinajstić information content (AvgIpc) is 3.28. The molecule has 5 rings (SSSR count). The van der Waals surface area contributed by atoms with Gasteiger partial charge in [-0.2, -0.15) is 0 Å². The zero-order valence-corrected chi connectivity index (χ0v) is 22.4. The number of rotatable bonds is 7. The summed E-state index contributed by atoms with van der Waals surface area (Å²) in [4.78, 5) is 9.04. The molecule has 1 aromatic heterocycles. The standard InChI is InChI=1S/C28H33N3O.3ClH/c32-28(9-6-22-12-17-30(18-13-22)21-23-4-2-1-3-5-23)25-7-8-27-24(20-25)14-19-31(27)26-10-15-29-16-11-26;;;/h1-5,7-8,10-11,15-16,20,22,28,32H,6,9,12-14,17-19,21H2;3*1H. The first kappa shape index (κ1) is 29.4. The molecule has 4 nitrogen and oxygen atoms in total. The third kappa shape index (κ3) is 7.34. The number of hydrogen-bond donors (Lipinski definition) is 1. The van der Waals surface area contributed by atoms with Crippen LogP contribution >= 0.6 is 37.2 Å². The summed E-state index contributed by atoms with van der Waals surface area (Å²) < 4.78 is 0. The highest BCUT2D eigenvalue weighted by Gasteiger charge is 2.23. The first-order valence-electron chi connectivity index (χ1n) is 12.0. The maximum absolute atomic E-state index is 10.9. The smallest absolute Gasteiger partial charge is 0.0790 e. The van der Waals surface area contributed by atoms with Gasteiger partial charge in [0.1, 0.15) is 0 Å². The van der Waals surface area contributed by atoms with E-state index in [0.717, 1.165) is 43.8 Å². The van der Waals surface area contributed by atoms with Gasteiger partial charge in [0.25, 0.3) is 0 Å². The van der Waals surface area contributed by atoms with Crippen LogP contribution in [0.15, 0.2) is 73.1 Å². The molecule has 3 heterocycles. The second kappa shape index (κ2) is 14.1. The number of hydrogen-bond acceptors (Lipinski definition) is 4. The van der Waals surface area contributed by atoms with Crippen molar-refractivity contribution in [2.75, 3.05) is 24.5 Å². The van der Waals surface area contributed by atoms with Gasteiger partial charge in [-0.05, 0) is 86.0 Å². The fourth-order valence-corrected chi connectivity index (χ4v) is 5.26. The molecule has 0 saturated carbocycles. The van der Waals surface area contributed by atoms with Crippen LogP contribution in [0.1, 0.15) is 48.5 Å². The number of aliphatic hydroxyl groups is 1. The van der Waals surface area contributed by atoms with Gasteiger partial charge in [0, 0.05) is 36.9 Å². The van der Waals surface area contributed by atoms with Gasteiger partial charge in [0.2, 0.25) is 0 Å². The molecule has 1 N–H and O–H groups in total. The summed E-state index contributed by atoms with van der Waals surface area (Å²) in [6, 6.07) is 21.4. The molecule has 1 saturated heterocycles. The SMILES string of the molecule is Cl.Cl.Cl.OC(CCC1CCN(Cc2ccccc2)CC1)c1ccc2c(c1)CCN2c1ccncc1. The quantitative estimate of drug-likeness (QED) is 0.362. The zero-order valence-electron chi connectivity index (χ0n) is 20.0. The van der Waals surface area contributed by atoms with Crippen molar-refractivity contribution in [2.24, 2.45) is 5.92 Å². The molecule has 190 valence electrons. The molecule has 0 radical (unpaired) electrons. The van der Waals surface area contributed by atoms with E-state index in [1.54, 1.807) is 0 Å². The molecule has 3 aromatic rings. The number of halogens is 3. The second-order valence-corrected chi connectivity index (χ2v) is 9.29. The van der Waals surface area contributed by atoms with E-state index in [-0.39, 0.29) is 43.3 Å². The Bertz CT molecular complexity index is 1010. The summed E-state index contributed by atoms with van der Waals surface area (Å²) in [5, 5.41) is 10.9. The van der Waals surface area contributed by atoms with Crippen LogP contribution in [0.2, 0.25) is 0 Å². The van der Waals surface area contributed by atoms with Gasteiger partial charge in [-0.3, -0.25) is 9.88 Å². The molecule has 2 aliphatic heterocycles. The molecule has 2 aliphatic rings. The van der Waals surface area contributed by atoms with Gasteiger partial charge in [-0.15, -0.1) is 37.2 Å². The Labute approximate surface area is 228 Å². The third-order valence-electron chi connectivity index (χ3n) is 7.16. The first-order valence-corrected chi connectivity index (χ1v) is 12.0. The molecular weight excluding hydrogens is 501 g/mol. The van der Waals surface area contributed by atoms with Crippen molar-refractivity contribution in [3.8, 4) is 0 Å². The van der Waals surface area contributed by atoms with E-state index < -0.39 is 0 Å². The van der Waals surface area contributed by atoms with Gasteiger partial charge in [0.05, 0.1) is 6.10 Å². The number of fused-ring (bicyclic) bond motifs is 1. The molecule has 0 amide bonds. The van der Waals surface area contributed by atoms with E-state index in [9.17, 15) is 5.11 Å². The Kier molecular flexibility index (Phi) is 11.8. The van der Waals surface area contributed by atoms with Crippen molar-refractivity contribution >= 4 is 48.6 Å². The van der Waals surface area contributed by atoms with E-state index in [0.29, 0.717) is 0 Å². The molecule has 1 unspecified atom stereocenters. The summed E-state index contributed by atoms with van der Waals surface area (Å²) in [5.74, 6) is 0.730. The zero-order chi connectivity index (χ0) is 21.8. The van der Waals surface area contributed by atoms with Crippen molar-refractivity contribution in [3.05, 3.63) is 89.7 Å². The number of likely N-dealkylation sites (tertiary alicyclic amines) is 1. The number of piperidine rings is 1. The maximum Gasteiger partial charge on any atom is 0.0790 e. The van der Waals surface area contributed by atoms with Crippen molar-refractivity contribution in [2.45, 2.75) is 44.8 Å². The molecule has 1 atom stereocenters. The summed E-state index contributed by atoms with van der Waals surface area (Å²) >= 11 is 0. The molecule has 35 heavy (non-hydrogen) atoms. The Balaban J connectivity index is 0.00000144. The predicted octanol–water partition coefficient (Wildman–Crippen LogP) is 6.77. The van der Waals surface area contributed by atoms with Crippen LogP contribution in [0.4, 0.5) is 11.4 Å². The Morgan fingerprint density at radius 2 is 1.60 bits per heavy atom. The van der Waals surface area contributed by atoms with Crippen LogP contribution in [0, 0.1) is 5.92 Å². The maximum atomic E-state index is 10.9. The van der Waals surface area contributed by atoms with Crippen LogP contribution in [-0.2, 0) is 13.0 Å². The Morgan fingerprint density at radius 1 is 0.886 bits per heavy atom. The van der Waals surface area contributed by atoms with Crippen LogP contribution in [0.3, 0.4) is 0 Å². The molecule has 0 spiro atoms. The lowest BCUT2D eigenvalue weighted by atomic mass is 9.89. The fourth-order valence-electron chi connectivity index (χ4n) is 5.26. The fraction of sp³-hybridized carbons (Fsp3) is 0.393. The Morgan fingerprint density at radius 3 is 2.31 bits per heavy atom. The van der Waals surface area contributed by atoms with Crippen molar-refractivity contribution in [3.63, 3.8) is 0 Å². The minimum Gasteiger partial charge on any atom is -0.388 e. The number of anilines is 2. The summed E-state index contributed by atoms with van der Waals surface area (Å²) in [6.45, 7) is 4.38. The van der Waals surface area contributed by atoms with Crippen molar-refractivity contribution in [1.82, 2.24) is 9.88 Å². The largest absolute Gasteiger partial charge is 0.388 e. The number of aliphatic hydroxyl groups excluding tert-OH is 1. The first-order chi connectivity index (χ1) is 15.8.